The summed E-state index contributed by atoms with van der Waals surface area (Å²) in [5, 5.41) is 30.6. The first-order chi connectivity index (χ1) is 17.0. The first-order valence-corrected chi connectivity index (χ1v) is 16.6. The standard InChI is InChI=1S/C26H54NO6PS/c1-2-3-4-5-6-7-8-9-10-11-12-13-14-15-18-24(33-34(35)27-20-21-28)25(23-29)32-22-17-16-19-26(30)31/h24-25,28-29,34H,2-23H2,1H3,(H,27,35)(H,30,31)/t24?,25-/m0/s1. The summed E-state index contributed by atoms with van der Waals surface area (Å²) in [5.41, 5.74) is 0. The van der Waals surface area contributed by atoms with Crippen LogP contribution in [0.2, 0.25) is 0 Å². The Morgan fingerprint density at radius 3 is 1.86 bits per heavy atom. The van der Waals surface area contributed by atoms with E-state index < -0.39 is 19.1 Å². The third kappa shape index (κ3) is 24.0. The Labute approximate surface area is 220 Å². The fourth-order valence-corrected chi connectivity index (χ4v) is 5.71. The molecule has 0 bridgehead atoms. The molecule has 210 valence electrons. The maximum atomic E-state index is 10.6. The molecule has 0 radical (unpaired) electrons. The summed E-state index contributed by atoms with van der Waals surface area (Å²) < 4.78 is 11.9. The number of rotatable bonds is 28. The van der Waals surface area contributed by atoms with Gasteiger partial charge in [-0.3, -0.25) is 9.88 Å². The van der Waals surface area contributed by atoms with Crippen LogP contribution >= 0.6 is 7.07 Å². The van der Waals surface area contributed by atoms with Crippen molar-refractivity contribution in [3.05, 3.63) is 0 Å². The number of ether oxygens (including phenoxy) is 1. The van der Waals surface area contributed by atoms with Gasteiger partial charge in [0.25, 0.3) is 0 Å². The first kappa shape index (κ1) is 34.9. The minimum Gasteiger partial charge on any atom is -0.481 e. The minimum absolute atomic E-state index is 0.00129. The van der Waals surface area contributed by atoms with E-state index in [1.807, 2.05) is 0 Å². The summed E-state index contributed by atoms with van der Waals surface area (Å²) >= 11 is 5.39. The van der Waals surface area contributed by atoms with Crippen LogP contribution in [0, 0.1) is 0 Å². The van der Waals surface area contributed by atoms with E-state index >= 15 is 0 Å². The molecule has 0 saturated carbocycles. The van der Waals surface area contributed by atoms with E-state index in [9.17, 15) is 9.90 Å². The van der Waals surface area contributed by atoms with Crippen molar-refractivity contribution >= 4 is 24.9 Å². The van der Waals surface area contributed by atoms with Crippen LogP contribution in [0.25, 0.3) is 0 Å². The lowest BCUT2D eigenvalue weighted by molar-refractivity contribution is -0.137. The molecule has 0 rings (SSSR count). The van der Waals surface area contributed by atoms with Crippen molar-refractivity contribution in [2.24, 2.45) is 0 Å². The van der Waals surface area contributed by atoms with Gasteiger partial charge in [0.1, 0.15) is 13.2 Å². The van der Waals surface area contributed by atoms with Gasteiger partial charge < -0.3 is 24.6 Å². The number of carboxylic acid groups (broad SMARTS) is 1. The average molecular weight is 540 g/mol. The number of carbonyl (C=O) groups is 1. The topological polar surface area (TPSA) is 108 Å². The number of hydrogen-bond donors (Lipinski definition) is 4. The maximum absolute atomic E-state index is 10.6. The quantitative estimate of drug-likeness (QED) is 0.0712. The van der Waals surface area contributed by atoms with E-state index in [0.29, 0.717) is 26.0 Å². The fraction of sp³-hybridized carbons (Fsp3) is 0.962. The molecule has 2 unspecified atom stereocenters. The third-order valence-corrected chi connectivity index (χ3v) is 7.97. The Morgan fingerprint density at radius 1 is 0.829 bits per heavy atom. The maximum Gasteiger partial charge on any atom is 0.303 e. The van der Waals surface area contributed by atoms with Crippen molar-refractivity contribution in [2.45, 2.75) is 135 Å². The first-order valence-electron chi connectivity index (χ1n) is 14.0. The highest BCUT2D eigenvalue weighted by Crippen LogP contribution is 2.26. The molecule has 0 heterocycles. The minimum atomic E-state index is -1.71. The molecule has 0 aromatic heterocycles. The molecule has 0 aliphatic carbocycles. The molecular formula is C26H54NO6PS. The largest absolute Gasteiger partial charge is 0.481 e. The van der Waals surface area contributed by atoms with Crippen LogP contribution in [0.1, 0.15) is 122 Å². The van der Waals surface area contributed by atoms with Gasteiger partial charge in [-0.1, -0.05) is 109 Å². The van der Waals surface area contributed by atoms with Gasteiger partial charge in [0.15, 0.2) is 0 Å². The number of aliphatic carboxylic acids is 1. The van der Waals surface area contributed by atoms with Gasteiger partial charge in [-0.05, 0) is 19.3 Å². The molecular weight excluding hydrogens is 485 g/mol. The second kappa shape index (κ2) is 27.0. The molecule has 4 N–H and O–H groups in total. The van der Waals surface area contributed by atoms with Crippen LogP contribution in [0.5, 0.6) is 0 Å². The smallest absolute Gasteiger partial charge is 0.303 e. The van der Waals surface area contributed by atoms with Crippen molar-refractivity contribution in [3.63, 3.8) is 0 Å². The Morgan fingerprint density at radius 2 is 1.37 bits per heavy atom. The van der Waals surface area contributed by atoms with Gasteiger partial charge in [0, 0.05) is 19.6 Å². The highest BCUT2D eigenvalue weighted by atomic mass is 32.4. The monoisotopic (exact) mass is 539 g/mol. The molecule has 3 atom stereocenters. The summed E-state index contributed by atoms with van der Waals surface area (Å²) in [4.78, 5) is 10.6. The van der Waals surface area contributed by atoms with E-state index in [1.54, 1.807) is 0 Å². The zero-order valence-corrected chi connectivity index (χ0v) is 24.0. The van der Waals surface area contributed by atoms with Crippen LogP contribution in [-0.2, 0) is 25.9 Å². The second-order valence-electron chi connectivity index (χ2n) is 9.42. The number of carboxylic acids is 1. The molecule has 9 heteroatoms. The number of hydrogen-bond acceptors (Lipinski definition) is 6. The van der Waals surface area contributed by atoms with Crippen molar-refractivity contribution in [1.82, 2.24) is 5.09 Å². The zero-order valence-electron chi connectivity index (χ0n) is 22.2. The molecule has 0 fully saturated rings. The highest BCUT2D eigenvalue weighted by Gasteiger charge is 2.23. The van der Waals surface area contributed by atoms with Gasteiger partial charge >= 0.3 is 5.97 Å². The molecule has 0 amide bonds. The molecule has 0 aromatic rings. The van der Waals surface area contributed by atoms with Crippen LogP contribution in [-0.4, -0.2) is 59.9 Å². The lowest BCUT2D eigenvalue weighted by Crippen LogP contribution is -2.34. The predicted molar refractivity (Wildman–Crippen MR) is 149 cm³/mol. The Kier molecular flexibility index (Phi) is 26.9. The molecule has 7 nitrogen and oxygen atoms in total. The van der Waals surface area contributed by atoms with Gasteiger partial charge in [0.05, 0.1) is 19.3 Å². The van der Waals surface area contributed by atoms with E-state index in [0.717, 1.165) is 19.3 Å². The molecule has 35 heavy (non-hydrogen) atoms. The summed E-state index contributed by atoms with van der Waals surface area (Å²) in [5.74, 6) is -0.809. The van der Waals surface area contributed by atoms with Crippen molar-refractivity contribution in [3.8, 4) is 0 Å². The average Bonchev–Trinajstić information content (AvgIpc) is 2.84. The summed E-state index contributed by atoms with van der Waals surface area (Å²) in [6, 6.07) is 0. The molecule has 0 saturated heterocycles. The van der Waals surface area contributed by atoms with Gasteiger partial charge in [-0.15, -0.1) is 0 Å². The third-order valence-electron chi connectivity index (χ3n) is 6.19. The number of aliphatic hydroxyl groups excluding tert-OH is 2. The van der Waals surface area contributed by atoms with Crippen molar-refractivity contribution in [1.29, 1.82) is 0 Å². The zero-order chi connectivity index (χ0) is 26.0. The molecule has 0 aliphatic rings. The van der Waals surface area contributed by atoms with Crippen molar-refractivity contribution < 1.29 is 29.4 Å². The Hall–Kier alpha value is -0.0800. The lowest BCUT2D eigenvalue weighted by Gasteiger charge is -2.27. The summed E-state index contributed by atoms with van der Waals surface area (Å²) in [7, 11) is -1.71. The highest BCUT2D eigenvalue weighted by molar-refractivity contribution is 8.02. The normalized spacial score (nSPS) is 14.1. The number of aliphatic hydroxyl groups is 2. The van der Waals surface area contributed by atoms with E-state index in [-0.39, 0.29) is 25.7 Å². The number of nitrogens with one attached hydrogen (secondary N) is 1. The summed E-state index contributed by atoms with van der Waals surface area (Å²) in [6.45, 7) is 2.88. The predicted octanol–water partition coefficient (Wildman–Crippen LogP) is 5.96. The molecule has 0 aliphatic heterocycles. The van der Waals surface area contributed by atoms with E-state index in [2.05, 4.69) is 12.0 Å². The van der Waals surface area contributed by atoms with Crippen LogP contribution in [0.3, 0.4) is 0 Å². The summed E-state index contributed by atoms with van der Waals surface area (Å²) in [6.07, 6.45) is 19.5. The Bertz CT molecular complexity index is 500. The fourth-order valence-electron chi connectivity index (χ4n) is 4.09. The van der Waals surface area contributed by atoms with Gasteiger partial charge in [0.2, 0.25) is 0 Å². The van der Waals surface area contributed by atoms with Crippen molar-refractivity contribution in [2.75, 3.05) is 26.4 Å². The SMILES string of the molecule is CCCCCCCCCCCCCCCCC(O[PH](=S)NCCO)[C@H](CO)OCCCCC(=O)O. The van der Waals surface area contributed by atoms with E-state index in [4.69, 9.17) is 31.3 Å². The van der Waals surface area contributed by atoms with Gasteiger partial charge in [-0.25, -0.2) is 0 Å². The van der Waals surface area contributed by atoms with Gasteiger partial charge in [-0.2, -0.15) is 0 Å². The van der Waals surface area contributed by atoms with Crippen LogP contribution in [0.15, 0.2) is 0 Å². The molecule has 0 aromatic carbocycles. The van der Waals surface area contributed by atoms with Crippen LogP contribution in [0.4, 0.5) is 0 Å². The second-order valence-corrected chi connectivity index (χ2v) is 11.7. The Balaban J connectivity index is 4.10. The van der Waals surface area contributed by atoms with E-state index in [1.165, 1.54) is 77.0 Å². The number of unbranched alkanes of at least 4 members (excludes halogenated alkanes) is 14. The van der Waals surface area contributed by atoms with Crippen LogP contribution < -0.4 is 5.09 Å². The molecule has 0 spiro atoms. The lowest BCUT2D eigenvalue weighted by atomic mass is 10.0.